The highest BCUT2D eigenvalue weighted by atomic mass is 32.1. The molecule has 0 saturated heterocycles. The van der Waals surface area contributed by atoms with Crippen LogP contribution in [0.25, 0.3) is 0 Å². The van der Waals surface area contributed by atoms with Crippen LogP contribution < -0.4 is 10.6 Å². The second-order valence-corrected chi connectivity index (χ2v) is 7.45. The number of nitrogens with zero attached hydrogens (tertiary/aromatic N) is 3. The Balaban J connectivity index is 1.40. The fourth-order valence-corrected chi connectivity index (χ4v) is 3.21. The van der Waals surface area contributed by atoms with Gasteiger partial charge in [0.2, 0.25) is 0 Å². The molecular weight excluding hydrogens is 396 g/mol. The molecule has 1 fully saturated rings. The molecule has 10 nitrogen and oxygen atoms in total. The number of nitrogens with one attached hydrogen (secondary N) is 3. The Kier molecular flexibility index (Phi) is 4.74. The Morgan fingerprint density at radius 2 is 1.93 bits per heavy atom. The number of rotatable bonds is 5. The molecule has 150 valence electrons. The summed E-state index contributed by atoms with van der Waals surface area (Å²) in [6.07, 6.45) is 2.04. The van der Waals surface area contributed by atoms with Crippen LogP contribution in [-0.4, -0.2) is 49.8 Å². The van der Waals surface area contributed by atoms with E-state index in [0.717, 1.165) is 12.8 Å². The van der Waals surface area contributed by atoms with E-state index in [1.807, 2.05) is 0 Å². The van der Waals surface area contributed by atoms with Crippen LogP contribution in [0.15, 0.2) is 18.2 Å². The number of H-pyrrole nitrogens is 1. The van der Waals surface area contributed by atoms with Gasteiger partial charge >= 0.3 is 11.8 Å². The topological polar surface area (TPSA) is 129 Å². The van der Waals surface area contributed by atoms with Gasteiger partial charge in [0.15, 0.2) is 10.6 Å². The third-order valence-electron chi connectivity index (χ3n) is 4.95. The van der Waals surface area contributed by atoms with Crippen LogP contribution in [0.5, 0.6) is 0 Å². The van der Waals surface area contributed by atoms with E-state index in [1.54, 1.807) is 11.6 Å². The van der Waals surface area contributed by atoms with E-state index in [4.69, 9.17) is 12.2 Å². The minimum atomic E-state index is -0.895. The van der Waals surface area contributed by atoms with Gasteiger partial charge in [-0.1, -0.05) is 0 Å². The Labute approximate surface area is 170 Å². The summed E-state index contributed by atoms with van der Waals surface area (Å²) in [6, 6.07) is 4.41. The second-order valence-electron chi connectivity index (χ2n) is 7.07. The minimum absolute atomic E-state index is 0.0171. The summed E-state index contributed by atoms with van der Waals surface area (Å²) in [7, 11) is 1.68. The Morgan fingerprint density at radius 1 is 1.21 bits per heavy atom. The molecule has 1 saturated carbocycles. The minimum Gasteiger partial charge on any atom is -0.341 e. The molecule has 2 aliphatic rings. The van der Waals surface area contributed by atoms with Gasteiger partial charge in [0.05, 0.1) is 17.7 Å². The first kappa shape index (κ1) is 19.0. The van der Waals surface area contributed by atoms with E-state index in [-0.39, 0.29) is 29.6 Å². The Morgan fingerprint density at radius 3 is 2.59 bits per heavy atom. The third-order valence-corrected chi connectivity index (χ3v) is 5.32. The first-order valence-electron chi connectivity index (χ1n) is 9.05. The number of carbonyl (C=O) groups excluding carboxylic acids is 4. The molecule has 3 N–H and O–H groups in total. The molecule has 0 unspecified atom stereocenters. The summed E-state index contributed by atoms with van der Waals surface area (Å²) in [5, 5.41) is 11.4. The molecule has 2 heterocycles. The number of anilines is 1. The van der Waals surface area contributed by atoms with Gasteiger partial charge in [-0.15, -0.1) is 0 Å². The van der Waals surface area contributed by atoms with Crippen molar-refractivity contribution in [2.75, 3.05) is 11.9 Å². The van der Waals surface area contributed by atoms with Gasteiger partial charge in [0.25, 0.3) is 11.8 Å². The molecule has 1 aromatic carbocycles. The number of benzene rings is 1. The van der Waals surface area contributed by atoms with Crippen molar-refractivity contribution in [2.24, 2.45) is 13.0 Å². The number of amides is 4. The molecule has 11 heteroatoms. The van der Waals surface area contributed by atoms with Gasteiger partial charge in [0, 0.05) is 19.3 Å². The molecular formula is C18H18N6O4S. The van der Waals surface area contributed by atoms with Crippen molar-refractivity contribution >= 4 is 41.5 Å². The number of fused-ring (bicyclic) bond motifs is 1. The lowest BCUT2D eigenvalue weighted by molar-refractivity contribution is -0.136. The standard InChI is InChI=1S/C18H18N6O4S/c1-23-13(21-22-18(23)29)7-19-14(25)15(26)20-10-4-5-11-12(6-10)17(28)24(16(11)27)8-9-2-3-9/h4-6,9H,2-3,7-8H2,1H3,(H,19,25)(H,20,26)(H,22,29). The van der Waals surface area contributed by atoms with Crippen molar-refractivity contribution in [3.63, 3.8) is 0 Å². The maximum atomic E-state index is 12.5. The van der Waals surface area contributed by atoms with E-state index in [2.05, 4.69) is 20.8 Å². The quantitative estimate of drug-likeness (QED) is 0.376. The normalized spacial score (nSPS) is 15.4. The van der Waals surface area contributed by atoms with Crippen LogP contribution in [0.4, 0.5) is 5.69 Å². The van der Waals surface area contributed by atoms with Crippen molar-refractivity contribution in [3.8, 4) is 0 Å². The molecule has 2 aromatic rings. The first-order chi connectivity index (χ1) is 13.8. The zero-order valence-corrected chi connectivity index (χ0v) is 16.3. The van der Waals surface area contributed by atoms with Crippen molar-refractivity contribution < 1.29 is 19.2 Å². The van der Waals surface area contributed by atoms with Crippen LogP contribution in [0.1, 0.15) is 39.4 Å². The third kappa shape index (κ3) is 3.68. The molecule has 0 atom stereocenters. The van der Waals surface area contributed by atoms with Crippen LogP contribution in [-0.2, 0) is 23.2 Å². The predicted octanol–water partition coefficient (Wildman–Crippen LogP) is 0.739. The summed E-state index contributed by atoms with van der Waals surface area (Å²) in [5.41, 5.74) is 0.802. The van der Waals surface area contributed by atoms with Gasteiger partial charge in [-0.3, -0.25) is 29.2 Å². The van der Waals surface area contributed by atoms with Crippen molar-refractivity contribution in [1.29, 1.82) is 0 Å². The van der Waals surface area contributed by atoms with Crippen LogP contribution >= 0.6 is 12.2 Å². The smallest absolute Gasteiger partial charge is 0.313 e. The van der Waals surface area contributed by atoms with Gasteiger partial charge in [-0.25, -0.2) is 0 Å². The summed E-state index contributed by atoms with van der Waals surface area (Å²) in [6.45, 7) is 0.441. The number of aromatic nitrogens is 3. The summed E-state index contributed by atoms with van der Waals surface area (Å²) in [5.74, 6) is -1.60. The lowest BCUT2D eigenvalue weighted by atomic mass is 10.1. The molecule has 4 rings (SSSR count). The lowest BCUT2D eigenvalue weighted by Crippen LogP contribution is -2.35. The zero-order valence-electron chi connectivity index (χ0n) is 15.5. The van der Waals surface area contributed by atoms with E-state index >= 15 is 0 Å². The zero-order chi connectivity index (χ0) is 20.7. The number of aromatic amines is 1. The number of imide groups is 1. The van der Waals surface area contributed by atoms with Crippen LogP contribution in [0.2, 0.25) is 0 Å². The number of hydrogen-bond donors (Lipinski definition) is 3. The largest absolute Gasteiger partial charge is 0.341 e. The van der Waals surface area contributed by atoms with E-state index < -0.39 is 11.8 Å². The first-order valence-corrected chi connectivity index (χ1v) is 9.45. The second kappa shape index (κ2) is 7.24. The Bertz CT molecular complexity index is 1100. The fourth-order valence-electron chi connectivity index (χ4n) is 3.06. The fraction of sp³-hybridized carbons (Fsp3) is 0.333. The molecule has 29 heavy (non-hydrogen) atoms. The van der Waals surface area contributed by atoms with Gasteiger partial charge in [0.1, 0.15) is 0 Å². The number of hydrogen-bond acceptors (Lipinski definition) is 6. The Hall–Kier alpha value is -3.34. The highest BCUT2D eigenvalue weighted by Gasteiger charge is 2.39. The monoisotopic (exact) mass is 414 g/mol. The van der Waals surface area contributed by atoms with Crippen molar-refractivity contribution in [1.82, 2.24) is 25.0 Å². The highest BCUT2D eigenvalue weighted by molar-refractivity contribution is 7.71. The van der Waals surface area contributed by atoms with E-state index in [9.17, 15) is 19.2 Å². The van der Waals surface area contributed by atoms with Crippen molar-refractivity contribution in [3.05, 3.63) is 39.9 Å². The van der Waals surface area contributed by atoms with Crippen LogP contribution in [0, 0.1) is 10.7 Å². The highest BCUT2D eigenvalue weighted by Crippen LogP contribution is 2.33. The molecule has 1 aromatic heterocycles. The predicted molar refractivity (Wildman–Crippen MR) is 103 cm³/mol. The van der Waals surface area contributed by atoms with Gasteiger partial charge in [-0.05, 0) is 49.2 Å². The molecule has 0 spiro atoms. The average molecular weight is 414 g/mol. The van der Waals surface area contributed by atoms with Gasteiger partial charge in [-0.2, -0.15) is 5.10 Å². The summed E-state index contributed by atoms with van der Waals surface area (Å²) in [4.78, 5) is 50.4. The van der Waals surface area contributed by atoms with Gasteiger partial charge < -0.3 is 15.2 Å². The lowest BCUT2D eigenvalue weighted by Gasteiger charge is -2.12. The molecule has 0 bridgehead atoms. The van der Waals surface area contributed by atoms with E-state index in [0.29, 0.717) is 28.6 Å². The summed E-state index contributed by atoms with van der Waals surface area (Å²) < 4.78 is 1.97. The summed E-state index contributed by atoms with van der Waals surface area (Å²) >= 11 is 4.98. The maximum Gasteiger partial charge on any atom is 0.313 e. The maximum absolute atomic E-state index is 12.5. The number of carbonyl (C=O) groups is 4. The molecule has 1 aliphatic heterocycles. The average Bonchev–Trinajstić information content (AvgIpc) is 3.44. The molecule has 4 amide bonds. The van der Waals surface area contributed by atoms with E-state index in [1.165, 1.54) is 23.1 Å². The SMILES string of the molecule is Cn1c(CNC(=O)C(=O)Nc2ccc3c(c2)C(=O)N(CC2CC2)C3=O)n[nH]c1=S. The van der Waals surface area contributed by atoms with Crippen LogP contribution in [0.3, 0.4) is 0 Å². The van der Waals surface area contributed by atoms with Crippen molar-refractivity contribution in [2.45, 2.75) is 19.4 Å². The molecule has 1 aliphatic carbocycles. The molecule has 0 radical (unpaired) electrons.